The van der Waals surface area contributed by atoms with Crippen LogP contribution in [0.25, 0.3) is 0 Å². The first-order valence-electron chi connectivity index (χ1n) is 9.09. The maximum absolute atomic E-state index is 13.1. The van der Waals surface area contributed by atoms with Crippen LogP contribution in [0.4, 0.5) is 0 Å². The van der Waals surface area contributed by atoms with Crippen LogP contribution >= 0.6 is 0 Å². The van der Waals surface area contributed by atoms with E-state index in [2.05, 4.69) is 5.32 Å². The number of nitrogens with one attached hydrogen (secondary N) is 1. The summed E-state index contributed by atoms with van der Waals surface area (Å²) < 4.78 is 26.3. The Morgan fingerprint density at radius 2 is 1.67 bits per heavy atom. The summed E-state index contributed by atoms with van der Waals surface area (Å²) in [5.74, 6) is 0.0552. The van der Waals surface area contributed by atoms with Crippen molar-refractivity contribution in [1.82, 2.24) is 5.32 Å². The van der Waals surface area contributed by atoms with E-state index in [0.717, 1.165) is 11.1 Å². The molecule has 1 unspecified atom stereocenters. The largest absolute Gasteiger partial charge is 0.352 e. The van der Waals surface area contributed by atoms with Gasteiger partial charge < -0.3 is 5.32 Å². The first-order valence-corrected chi connectivity index (χ1v) is 10.6. The number of sulfone groups is 1. The highest BCUT2D eigenvalue weighted by Gasteiger charge is 2.25. The average Bonchev–Trinajstić information content (AvgIpc) is 2.64. The number of carbonyl (C=O) groups excluding carboxylic acids is 1. The van der Waals surface area contributed by atoms with Crippen molar-refractivity contribution >= 4 is 15.7 Å². The maximum atomic E-state index is 13.1. The molecule has 27 heavy (non-hydrogen) atoms. The van der Waals surface area contributed by atoms with E-state index in [0.29, 0.717) is 18.9 Å². The Bertz CT molecular complexity index is 870. The summed E-state index contributed by atoms with van der Waals surface area (Å²) in [4.78, 5) is 12.3. The Balaban J connectivity index is 2.28. The van der Waals surface area contributed by atoms with Gasteiger partial charge >= 0.3 is 0 Å². The fourth-order valence-corrected chi connectivity index (χ4v) is 4.15. The molecule has 0 saturated carbocycles. The van der Waals surface area contributed by atoms with Gasteiger partial charge in [-0.05, 0) is 37.0 Å². The van der Waals surface area contributed by atoms with Crippen LogP contribution in [0.5, 0.6) is 0 Å². The Hall–Kier alpha value is -2.40. The van der Waals surface area contributed by atoms with Crippen LogP contribution in [-0.4, -0.2) is 26.1 Å². The fourth-order valence-electron chi connectivity index (χ4n) is 2.59. The molecule has 0 spiro atoms. The van der Waals surface area contributed by atoms with Crippen molar-refractivity contribution in [3.8, 4) is 0 Å². The van der Waals surface area contributed by atoms with Gasteiger partial charge in [-0.2, -0.15) is 0 Å². The number of amides is 1. The molecule has 0 aliphatic rings. The molecule has 0 radical (unpaired) electrons. The van der Waals surface area contributed by atoms with E-state index in [1.807, 2.05) is 51.1 Å². The number of hydrogen-bond acceptors (Lipinski definition) is 3. The van der Waals surface area contributed by atoms with Crippen molar-refractivity contribution in [3.63, 3.8) is 0 Å². The third-order valence-electron chi connectivity index (χ3n) is 4.17. The number of hydrogen-bond donors (Lipinski definition) is 1. The summed E-state index contributed by atoms with van der Waals surface area (Å²) in [5.41, 5.74) is 1.91. The van der Waals surface area contributed by atoms with Gasteiger partial charge in [-0.25, -0.2) is 8.42 Å². The van der Waals surface area contributed by atoms with Crippen LogP contribution < -0.4 is 5.32 Å². The molecule has 0 fully saturated rings. The van der Waals surface area contributed by atoms with Crippen molar-refractivity contribution < 1.29 is 13.2 Å². The molecule has 1 amide bonds. The van der Waals surface area contributed by atoms with Gasteiger partial charge in [0.1, 0.15) is 0 Å². The van der Waals surface area contributed by atoms with Gasteiger partial charge in [-0.15, -0.1) is 0 Å². The van der Waals surface area contributed by atoms with Crippen LogP contribution in [-0.2, 0) is 21.1 Å². The summed E-state index contributed by atoms with van der Waals surface area (Å²) in [6, 6.07) is 16.2. The Morgan fingerprint density at radius 3 is 2.26 bits per heavy atom. The molecule has 2 aromatic carbocycles. The number of aryl methyl sites for hydroxylation is 1. The van der Waals surface area contributed by atoms with Crippen LogP contribution in [0, 0.1) is 12.8 Å². The molecule has 4 nitrogen and oxygen atoms in total. The molecular weight excluding hydrogens is 358 g/mol. The summed E-state index contributed by atoms with van der Waals surface area (Å²) in [7, 11) is -3.61. The molecule has 0 aliphatic heterocycles. The second kappa shape index (κ2) is 9.51. The lowest BCUT2D eigenvalue weighted by molar-refractivity contribution is -0.116. The van der Waals surface area contributed by atoms with Crippen molar-refractivity contribution in [2.75, 3.05) is 6.54 Å². The van der Waals surface area contributed by atoms with E-state index >= 15 is 0 Å². The molecule has 0 heterocycles. The smallest absolute Gasteiger partial charge is 0.243 e. The SMILES string of the molecule is Cc1ccc(S(=O)(=O)C(/C=C/C(=O)NCC(C)C)Cc2ccccc2)cc1. The van der Waals surface area contributed by atoms with Crippen LogP contribution in [0.3, 0.4) is 0 Å². The Morgan fingerprint density at radius 1 is 1.04 bits per heavy atom. The average molecular weight is 386 g/mol. The maximum Gasteiger partial charge on any atom is 0.243 e. The third-order valence-corrected chi connectivity index (χ3v) is 6.22. The van der Waals surface area contributed by atoms with E-state index in [1.165, 1.54) is 12.2 Å². The third kappa shape index (κ3) is 6.36. The zero-order chi connectivity index (χ0) is 19.9. The lowest BCUT2D eigenvalue weighted by Gasteiger charge is -2.15. The predicted molar refractivity (Wildman–Crippen MR) is 109 cm³/mol. The molecule has 0 aliphatic carbocycles. The van der Waals surface area contributed by atoms with E-state index in [9.17, 15) is 13.2 Å². The normalized spacial score (nSPS) is 13.0. The summed E-state index contributed by atoms with van der Waals surface area (Å²) in [5, 5.41) is 1.97. The highest BCUT2D eigenvalue weighted by atomic mass is 32.2. The van der Waals surface area contributed by atoms with Crippen molar-refractivity contribution in [1.29, 1.82) is 0 Å². The van der Waals surface area contributed by atoms with Crippen LogP contribution in [0.1, 0.15) is 25.0 Å². The molecule has 2 rings (SSSR count). The van der Waals surface area contributed by atoms with E-state index in [-0.39, 0.29) is 10.8 Å². The van der Waals surface area contributed by atoms with Gasteiger partial charge in [0.25, 0.3) is 0 Å². The predicted octanol–water partition coefficient (Wildman–Crippen LogP) is 3.71. The minimum atomic E-state index is -3.61. The van der Waals surface area contributed by atoms with E-state index < -0.39 is 15.1 Å². The van der Waals surface area contributed by atoms with Crippen molar-refractivity contribution in [2.45, 2.75) is 37.3 Å². The number of rotatable bonds is 8. The number of benzene rings is 2. The van der Waals surface area contributed by atoms with Gasteiger partial charge in [0, 0.05) is 12.6 Å². The lowest BCUT2D eigenvalue weighted by atomic mass is 10.1. The molecule has 1 N–H and O–H groups in total. The van der Waals surface area contributed by atoms with Gasteiger partial charge in [-0.3, -0.25) is 4.79 Å². The summed E-state index contributed by atoms with van der Waals surface area (Å²) >= 11 is 0. The second-order valence-corrected chi connectivity index (χ2v) is 9.25. The highest BCUT2D eigenvalue weighted by Crippen LogP contribution is 2.21. The first kappa shape index (κ1) is 20.9. The van der Waals surface area contributed by atoms with Crippen LogP contribution in [0.15, 0.2) is 71.6 Å². The zero-order valence-corrected chi connectivity index (χ0v) is 16.9. The summed E-state index contributed by atoms with van der Waals surface area (Å²) in [6.07, 6.45) is 3.14. The van der Waals surface area contributed by atoms with Gasteiger partial charge in [-0.1, -0.05) is 68.0 Å². The highest BCUT2D eigenvalue weighted by molar-refractivity contribution is 7.92. The van der Waals surface area contributed by atoms with E-state index in [1.54, 1.807) is 24.3 Å². The van der Waals surface area contributed by atoms with Crippen molar-refractivity contribution in [3.05, 3.63) is 77.9 Å². The molecule has 5 heteroatoms. The molecule has 0 bridgehead atoms. The van der Waals surface area contributed by atoms with Crippen molar-refractivity contribution in [2.24, 2.45) is 5.92 Å². The standard InChI is InChI=1S/C22H27NO3S/c1-17(2)16-23-22(24)14-13-21(15-19-7-5-4-6-8-19)27(25,26)20-11-9-18(3)10-12-20/h4-14,17,21H,15-16H2,1-3H3,(H,23,24)/b14-13+. The molecule has 1 atom stereocenters. The Labute approximate surface area is 162 Å². The molecule has 0 aromatic heterocycles. The van der Waals surface area contributed by atoms with Gasteiger partial charge in [0.05, 0.1) is 10.1 Å². The second-order valence-electron chi connectivity index (χ2n) is 7.08. The zero-order valence-electron chi connectivity index (χ0n) is 16.1. The van der Waals surface area contributed by atoms with Crippen LogP contribution in [0.2, 0.25) is 0 Å². The summed E-state index contributed by atoms with van der Waals surface area (Å²) in [6.45, 7) is 6.47. The quantitative estimate of drug-likeness (QED) is 0.705. The monoisotopic (exact) mass is 385 g/mol. The molecule has 2 aromatic rings. The van der Waals surface area contributed by atoms with Gasteiger partial charge in [0.15, 0.2) is 9.84 Å². The molecule has 144 valence electrons. The fraction of sp³-hybridized carbons (Fsp3) is 0.318. The molecule has 0 saturated heterocycles. The Kier molecular flexibility index (Phi) is 7.36. The topological polar surface area (TPSA) is 63.2 Å². The van der Waals surface area contributed by atoms with Gasteiger partial charge in [0.2, 0.25) is 5.91 Å². The number of carbonyl (C=O) groups is 1. The minimum absolute atomic E-state index is 0.265. The lowest BCUT2D eigenvalue weighted by Crippen LogP contribution is -2.27. The minimum Gasteiger partial charge on any atom is -0.352 e. The van der Waals surface area contributed by atoms with E-state index in [4.69, 9.17) is 0 Å². The first-order chi connectivity index (χ1) is 12.8. The molecular formula is C22H27NO3S.